The standard InChI is InChI=1S/C10H14N4O3/c15-8-5-14(17-7-8)6-10(16)13-12-9-3-1-2-4-11-9/h1-4,8,15H,5-7H2,(H,11,12)(H,13,16)/t8-/m0/s1. The Labute approximate surface area is 98.3 Å². The Kier molecular flexibility index (Phi) is 3.86. The summed E-state index contributed by atoms with van der Waals surface area (Å²) in [5, 5.41) is 10.6. The van der Waals surface area contributed by atoms with Crippen molar-refractivity contribution in [1.29, 1.82) is 0 Å². The molecule has 2 heterocycles. The Balaban J connectivity index is 1.71. The molecule has 17 heavy (non-hydrogen) atoms. The van der Waals surface area contributed by atoms with Crippen molar-refractivity contribution in [3.63, 3.8) is 0 Å². The van der Waals surface area contributed by atoms with Crippen molar-refractivity contribution >= 4 is 11.7 Å². The number of amides is 1. The first kappa shape index (κ1) is 11.8. The number of anilines is 1. The zero-order valence-corrected chi connectivity index (χ0v) is 9.17. The number of nitrogens with one attached hydrogen (secondary N) is 2. The van der Waals surface area contributed by atoms with E-state index in [0.29, 0.717) is 12.4 Å². The number of hydrogen-bond donors (Lipinski definition) is 3. The van der Waals surface area contributed by atoms with Gasteiger partial charge in [-0.2, -0.15) is 5.06 Å². The zero-order valence-electron chi connectivity index (χ0n) is 9.17. The highest BCUT2D eigenvalue weighted by molar-refractivity contribution is 5.79. The van der Waals surface area contributed by atoms with Crippen LogP contribution < -0.4 is 10.9 Å². The minimum absolute atomic E-state index is 0.0664. The molecule has 0 spiro atoms. The lowest BCUT2D eigenvalue weighted by Crippen LogP contribution is -2.38. The van der Waals surface area contributed by atoms with Gasteiger partial charge >= 0.3 is 0 Å². The van der Waals surface area contributed by atoms with Crippen LogP contribution in [-0.4, -0.2) is 46.9 Å². The topological polar surface area (TPSA) is 86.7 Å². The minimum Gasteiger partial charge on any atom is -0.389 e. The molecule has 1 atom stereocenters. The molecule has 7 heteroatoms. The first-order valence-electron chi connectivity index (χ1n) is 5.26. The van der Waals surface area contributed by atoms with Gasteiger partial charge in [-0.1, -0.05) is 6.07 Å². The monoisotopic (exact) mass is 238 g/mol. The molecule has 1 aliphatic rings. The Bertz CT molecular complexity index is 373. The molecule has 1 fully saturated rings. The molecule has 1 aromatic rings. The Morgan fingerprint density at radius 2 is 2.53 bits per heavy atom. The van der Waals surface area contributed by atoms with Crippen LogP contribution >= 0.6 is 0 Å². The molecule has 0 saturated carbocycles. The maximum atomic E-state index is 11.5. The minimum atomic E-state index is -0.522. The maximum absolute atomic E-state index is 11.5. The number of β-amino-alcohol motifs (C(OH)–C–C–N with tert-alkyl or cyclic N) is 1. The van der Waals surface area contributed by atoms with Gasteiger partial charge < -0.3 is 5.11 Å². The van der Waals surface area contributed by atoms with Gasteiger partial charge in [0.2, 0.25) is 0 Å². The molecule has 0 bridgehead atoms. The maximum Gasteiger partial charge on any atom is 0.254 e. The third-order valence-electron chi connectivity index (χ3n) is 2.18. The first-order valence-corrected chi connectivity index (χ1v) is 5.26. The van der Waals surface area contributed by atoms with Gasteiger partial charge in [0.1, 0.15) is 12.4 Å². The number of nitrogens with zero attached hydrogens (tertiary/aromatic N) is 2. The number of hydrazine groups is 1. The summed E-state index contributed by atoms with van der Waals surface area (Å²) in [6.45, 7) is 0.648. The molecule has 3 N–H and O–H groups in total. The predicted octanol–water partition coefficient (Wildman–Crippen LogP) is -0.867. The van der Waals surface area contributed by atoms with Crippen molar-refractivity contribution in [2.24, 2.45) is 0 Å². The summed E-state index contributed by atoms with van der Waals surface area (Å²) in [7, 11) is 0. The zero-order chi connectivity index (χ0) is 12.1. The van der Waals surface area contributed by atoms with Gasteiger partial charge in [-0.3, -0.25) is 20.5 Å². The lowest BCUT2D eigenvalue weighted by molar-refractivity contribution is -0.141. The lowest BCUT2D eigenvalue weighted by Gasteiger charge is -2.13. The summed E-state index contributed by atoms with van der Waals surface area (Å²) >= 11 is 0. The summed E-state index contributed by atoms with van der Waals surface area (Å²) < 4.78 is 0. The number of carbonyl (C=O) groups excluding carboxylic acids is 1. The molecule has 7 nitrogen and oxygen atoms in total. The number of hydroxylamine groups is 2. The average Bonchev–Trinajstić information content (AvgIpc) is 2.73. The summed E-state index contributed by atoms with van der Waals surface area (Å²) in [6.07, 6.45) is 1.10. The highest BCUT2D eigenvalue weighted by atomic mass is 16.7. The van der Waals surface area contributed by atoms with Crippen LogP contribution in [0.3, 0.4) is 0 Å². The molecular formula is C10H14N4O3. The summed E-state index contributed by atoms with van der Waals surface area (Å²) in [4.78, 5) is 20.5. The highest BCUT2D eigenvalue weighted by Crippen LogP contribution is 2.04. The molecule has 0 radical (unpaired) electrons. The van der Waals surface area contributed by atoms with E-state index in [1.54, 1.807) is 24.4 Å². The first-order chi connectivity index (χ1) is 8.24. The molecule has 1 amide bonds. The van der Waals surface area contributed by atoms with E-state index in [-0.39, 0.29) is 19.1 Å². The second-order valence-corrected chi connectivity index (χ2v) is 3.66. The van der Waals surface area contributed by atoms with Crippen molar-refractivity contribution in [1.82, 2.24) is 15.5 Å². The SMILES string of the molecule is O=C(CN1C[C@H](O)CO1)NNc1ccccn1. The summed E-state index contributed by atoms with van der Waals surface area (Å²) in [5.74, 6) is 0.299. The fourth-order valence-corrected chi connectivity index (χ4v) is 1.41. The van der Waals surface area contributed by atoms with Gasteiger partial charge in [0.25, 0.3) is 5.91 Å². The predicted molar refractivity (Wildman–Crippen MR) is 59.5 cm³/mol. The van der Waals surface area contributed by atoms with Crippen molar-refractivity contribution in [3.05, 3.63) is 24.4 Å². The molecule has 0 aromatic carbocycles. The van der Waals surface area contributed by atoms with E-state index in [2.05, 4.69) is 15.8 Å². The number of aliphatic hydroxyl groups is 1. The third-order valence-corrected chi connectivity index (χ3v) is 2.18. The normalized spacial score (nSPS) is 20.2. The van der Waals surface area contributed by atoms with E-state index in [1.807, 2.05) is 0 Å². The molecule has 92 valence electrons. The van der Waals surface area contributed by atoms with Crippen LogP contribution in [0.2, 0.25) is 0 Å². The van der Waals surface area contributed by atoms with Gasteiger partial charge in [-0.05, 0) is 12.1 Å². The van der Waals surface area contributed by atoms with Gasteiger partial charge in [0.05, 0.1) is 19.3 Å². The highest BCUT2D eigenvalue weighted by Gasteiger charge is 2.23. The van der Waals surface area contributed by atoms with E-state index < -0.39 is 6.10 Å². The number of hydrogen-bond acceptors (Lipinski definition) is 6. The van der Waals surface area contributed by atoms with E-state index in [0.717, 1.165) is 0 Å². The van der Waals surface area contributed by atoms with Gasteiger partial charge in [-0.25, -0.2) is 4.98 Å². The van der Waals surface area contributed by atoms with E-state index in [9.17, 15) is 9.90 Å². The van der Waals surface area contributed by atoms with Crippen molar-refractivity contribution in [2.45, 2.75) is 6.10 Å². The number of aliphatic hydroxyl groups excluding tert-OH is 1. The molecular weight excluding hydrogens is 224 g/mol. The average molecular weight is 238 g/mol. The number of pyridine rings is 1. The quantitative estimate of drug-likeness (QED) is 0.591. The van der Waals surface area contributed by atoms with Crippen LogP contribution in [0, 0.1) is 0 Å². The van der Waals surface area contributed by atoms with E-state index in [4.69, 9.17) is 4.84 Å². The number of rotatable bonds is 4. The van der Waals surface area contributed by atoms with Crippen molar-refractivity contribution in [2.75, 3.05) is 25.1 Å². The molecule has 0 aliphatic carbocycles. The van der Waals surface area contributed by atoms with Crippen LogP contribution in [0.4, 0.5) is 5.82 Å². The Hall–Kier alpha value is -1.70. The van der Waals surface area contributed by atoms with Crippen LogP contribution in [0.25, 0.3) is 0 Å². The number of carbonyl (C=O) groups is 1. The molecule has 1 saturated heterocycles. The molecule has 1 aliphatic heterocycles. The largest absolute Gasteiger partial charge is 0.389 e. The van der Waals surface area contributed by atoms with E-state index in [1.165, 1.54) is 5.06 Å². The second kappa shape index (κ2) is 5.58. The van der Waals surface area contributed by atoms with Crippen LogP contribution in [-0.2, 0) is 9.63 Å². The van der Waals surface area contributed by atoms with Crippen LogP contribution in [0.5, 0.6) is 0 Å². The van der Waals surface area contributed by atoms with Crippen molar-refractivity contribution in [3.8, 4) is 0 Å². The fourth-order valence-electron chi connectivity index (χ4n) is 1.41. The molecule has 0 unspecified atom stereocenters. The van der Waals surface area contributed by atoms with Gasteiger partial charge in [0.15, 0.2) is 0 Å². The number of aromatic nitrogens is 1. The Morgan fingerprint density at radius 3 is 3.18 bits per heavy atom. The smallest absolute Gasteiger partial charge is 0.254 e. The van der Waals surface area contributed by atoms with Crippen LogP contribution in [0.15, 0.2) is 24.4 Å². The third kappa shape index (κ3) is 3.66. The van der Waals surface area contributed by atoms with Gasteiger partial charge in [-0.15, -0.1) is 0 Å². The Morgan fingerprint density at radius 1 is 1.65 bits per heavy atom. The fraction of sp³-hybridized carbons (Fsp3) is 0.400. The van der Waals surface area contributed by atoms with Gasteiger partial charge in [0, 0.05) is 6.20 Å². The summed E-state index contributed by atoms with van der Waals surface area (Å²) in [5.41, 5.74) is 5.16. The lowest BCUT2D eigenvalue weighted by atomic mass is 10.4. The second-order valence-electron chi connectivity index (χ2n) is 3.66. The van der Waals surface area contributed by atoms with Crippen molar-refractivity contribution < 1.29 is 14.7 Å². The molecule has 1 aromatic heterocycles. The van der Waals surface area contributed by atoms with E-state index >= 15 is 0 Å². The molecule has 2 rings (SSSR count). The summed E-state index contributed by atoms with van der Waals surface area (Å²) in [6, 6.07) is 5.32. The van der Waals surface area contributed by atoms with Crippen LogP contribution in [0.1, 0.15) is 0 Å².